The molecule has 2 rings (SSSR count). The molecule has 0 atom stereocenters. The quantitative estimate of drug-likeness (QED) is 0.270. The fraction of sp³-hybridized carbons (Fsp3) is 0.273. The third-order valence-corrected chi connectivity index (χ3v) is 3.60. The van der Waals surface area contributed by atoms with E-state index in [2.05, 4.69) is 11.9 Å². The van der Waals surface area contributed by atoms with Gasteiger partial charge < -0.3 is 9.47 Å². The van der Waals surface area contributed by atoms with E-state index in [9.17, 15) is 4.79 Å². The largest absolute Gasteiger partial charge is 0.494 e. The molecule has 0 saturated carbocycles. The van der Waals surface area contributed by atoms with Crippen LogP contribution in [0.25, 0.3) is 6.08 Å². The zero-order chi connectivity index (χ0) is 18.6. The molecule has 2 aromatic rings. The summed E-state index contributed by atoms with van der Waals surface area (Å²) in [6.07, 6.45) is 7.16. The number of unbranched alkanes of at least 4 members (excludes halogenated alkanes) is 1. The summed E-state index contributed by atoms with van der Waals surface area (Å²) >= 11 is 0. The first kappa shape index (κ1) is 19.4. The fourth-order valence-electron chi connectivity index (χ4n) is 2.16. The topological polar surface area (TPSA) is 47.9 Å². The highest BCUT2D eigenvalue weighted by Crippen LogP contribution is 2.16. The SMILES string of the molecule is CCCCOc1ccc(C=Nc2ccc(/C=C/C(=O)OCC)cc2)cc1. The van der Waals surface area contributed by atoms with Gasteiger partial charge in [-0.2, -0.15) is 0 Å². The molecule has 26 heavy (non-hydrogen) atoms. The lowest BCUT2D eigenvalue weighted by Gasteiger charge is -2.04. The lowest BCUT2D eigenvalue weighted by atomic mass is 10.2. The van der Waals surface area contributed by atoms with Gasteiger partial charge in [-0.25, -0.2) is 4.79 Å². The highest BCUT2D eigenvalue weighted by Gasteiger charge is 1.96. The Labute approximate surface area is 155 Å². The summed E-state index contributed by atoms with van der Waals surface area (Å²) < 4.78 is 10.5. The standard InChI is InChI=1S/C22H25NO3/c1-3-5-16-26-21-13-8-19(9-14-21)17-23-20-11-6-18(7-12-20)10-15-22(24)25-4-2/h6-15,17H,3-5,16H2,1-2H3/b15-10+,23-17?. The van der Waals surface area contributed by atoms with E-state index in [-0.39, 0.29) is 5.97 Å². The Morgan fingerprint density at radius 1 is 1.00 bits per heavy atom. The van der Waals surface area contributed by atoms with Crippen molar-refractivity contribution >= 4 is 23.9 Å². The van der Waals surface area contributed by atoms with Gasteiger partial charge in [-0.05, 0) is 66.9 Å². The van der Waals surface area contributed by atoms with E-state index in [1.54, 1.807) is 13.0 Å². The van der Waals surface area contributed by atoms with Crippen LogP contribution in [0.2, 0.25) is 0 Å². The first-order valence-electron chi connectivity index (χ1n) is 8.93. The summed E-state index contributed by atoms with van der Waals surface area (Å²) in [4.78, 5) is 15.8. The molecule has 0 heterocycles. The summed E-state index contributed by atoms with van der Waals surface area (Å²) in [6, 6.07) is 15.5. The van der Waals surface area contributed by atoms with Crippen molar-refractivity contribution in [1.82, 2.24) is 0 Å². The van der Waals surface area contributed by atoms with Gasteiger partial charge >= 0.3 is 5.97 Å². The summed E-state index contributed by atoms with van der Waals surface area (Å²) in [7, 11) is 0. The molecule has 4 heteroatoms. The molecule has 0 spiro atoms. The number of carbonyl (C=O) groups excluding carboxylic acids is 1. The minimum Gasteiger partial charge on any atom is -0.494 e. The number of ether oxygens (including phenoxy) is 2. The number of rotatable bonds is 9. The maximum atomic E-state index is 11.3. The Hall–Kier alpha value is -2.88. The van der Waals surface area contributed by atoms with E-state index in [4.69, 9.17) is 9.47 Å². The van der Waals surface area contributed by atoms with E-state index in [1.165, 1.54) is 6.08 Å². The molecule has 0 saturated heterocycles. The van der Waals surface area contributed by atoms with Crippen molar-refractivity contribution in [2.24, 2.45) is 4.99 Å². The zero-order valence-electron chi connectivity index (χ0n) is 15.4. The first-order chi connectivity index (χ1) is 12.7. The van der Waals surface area contributed by atoms with Crippen molar-refractivity contribution in [3.8, 4) is 5.75 Å². The van der Waals surface area contributed by atoms with E-state index in [0.717, 1.165) is 42.0 Å². The van der Waals surface area contributed by atoms with Crippen molar-refractivity contribution in [1.29, 1.82) is 0 Å². The molecule has 0 amide bonds. The van der Waals surface area contributed by atoms with Crippen molar-refractivity contribution in [2.45, 2.75) is 26.7 Å². The fourth-order valence-corrected chi connectivity index (χ4v) is 2.16. The van der Waals surface area contributed by atoms with Gasteiger partial charge in [-0.1, -0.05) is 25.5 Å². The molecule has 2 aromatic carbocycles. The second-order valence-electron chi connectivity index (χ2n) is 5.71. The number of benzene rings is 2. The lowest BCUT2D eigenvalue weighted by Crippen LogP contribution is -1.98. The number of hydrogen-bond donors (Lipinski definition) is 0. The van der Waals surface area contributed by atoms with E-state index in [0.29, 0.717) is 6.61 Å². The van der Waals surface area contributed by atoms with Crippen LogP contribution in [0.15, 0.2) is 59.6 Å². The number of esters is 1. The van der Waals surface area contributed by atoms with Crippen LogP contribution in [0, 0.1) is 0 Å². The second kappa shape index (κ2) is 10.9. The predicted octanol–water partition coefficient (Wildman–Crippen LogP) is 5.19. The molecule has 0 radical (unpaired) electrons. The highest BCUT2D eigenvalue weighted by atomic mass is 16.5. The van der Waals surface area contributed by atoms with Gasteiger partial charge in [0, 0.05) is 12.3 Å². The molecule has 0 aliphatic carbocycles. The Kier molecular flexibility index (Phi) is 8.13. The molecular weight excluding hydrogens is 326 g/mol. The van der Waals surface area contributed by atoms with Gasteiger partial charge in [0.25, 0.3) is 0 Å². The van der Waals surface area contributed by atoms with Crippen LogP contribution in [0.4, 0.5) is 5.69 Å². The summed E-state index contributed by atoms with van der Waals surface area (Å²) in [5.41, 5.74) is 2.78. The third-order valence-electron chi connectivity index (χ3n) is 3.60. The minimum atomic E-state index is -0.336. The van der Waals surface area contributed by atoms with Crippen LogP contribution < -0.4 is 4.74 Å². The maximum absolute atomic E-state index is 11.3. The van der Waals surface area contributed by atoms with Gasteiger partial charge in [0.05, 0.1) is 18.9 Å². The molecule has 0 aliphatic rings. The average Bonchev–Trinajstić information content (AvgIpc) is 2.67. The average molecular weight is 351 g/mol. The van der Waals surface area contributed by atoms with Gasteiger partial charge in [0.1, 0.15) is 5.75 Å². The molecule has 0 aromatic heterocycles. The van der Waals surface area contributed by atoms with Crippen molar-refractivity contribution < 1.29 is 14.3 Å². The van der Waals surface area contributed by atoms with Gasteiger partial charge in [0.15, 0.2) is 0 Å². The molecule has 0 unspecified atom stereocenters. The first-order valence-corrected chi connectivity index (χ1v) is 8.93. The van der Waals surface area contributed by atoms with Crippen LogP contribution in [0.1, 0.15) is 37.8 Å². The predicted molar refractivity (Wildman–Crippen MR) is 106 cm³/mol. The summed E-state index contributed by atoms with van der Waals surface area (Å²) in [5, 5.41) is 0. The van der Waals surface area contributed by atoms with Crippen LogP contribution >= 0.6 is 0 Å². The van der Waals surface area contributed by atoms with Crippen LogP contribution in [-0.4, -0.2) is 25.4 Å². The Balaban J connectivity index is 1.90. The molecule has 0 bridgehead atoms. The van der Waals surface area contributed by atoms with Crippen LogP contribution in [0.5, 0.6) is 5.75 Å². The normalized spacial score (nSPS) is 11.2. The number of hydrogen-bond acceptors (Lipinski definition) is 4. The maximum Gasteiger partial charge on any atom is 0.330 e. The molecule has 136 valence electrons. The molecule has 4 nitrogen and oxygen atoms in total. The van der Waals surface area contributed by atoms with Crippen LogP contribution in [-0.2, 0) is 9.53 Å². The van der Waals surface area contributed by atoms with Crippen LogP contribution in [0.3, 0.4) is 0 Å². The lowest BCUT2D eigenvalue weighted by molar-refractivity contribution is -0.137. The van der Waals surface area contributed by atoms with Crippen molar-refractivity contribution in [3.05, 3.63) is 65.7 Å². The van der Waals surface area contributed by atoms with Gasteiger partial charge in [-0.3, -0.25) is 4.99 Å². The number of carbonyl (C=O) groups is 1. The summed E-state index contributed by atoms with van der Waals surface area (Å²) in [6.45, 7) is 5.06. The Morgan fingerprint density at radius 2 is 1.69 bits per heavy atom. The van der Waals surface area contributed by atoms with E-state index < -0.39 is 0 Å². The monoisotopic (exact) mass is 351 g/mol. The molecular formula is C22H25NO3. The molecule has 0 fully saturated rings. The van der Waals surface area contributed by atoms with E-state index in [1.807, 2.05) is 54.7 Å². The highest BCUT2D eigenvalue weighted by molar-refractivity contribution is 5.87. The summed E-state index contributed by atoms with van der Waals surface area (Å²) in [5.74, 6) is 0.546. The van der Waals surface area contributed by atoms with Gasteiger partial charge in [-0.15, -0.1) is 0 Å². The van der Waals surface area contributed by atoms with E-state index >= 15 is 0 Å². The molecule has 0 aliphatic heterocycles. The molecule has 0 N–H and O–H groups in total. The Morgan fingerprint density at radius 3 is 2.35 bits per heavy atom. The van der Waals surface area contributed by atoms with Gasteiger partial charge in [0.2, 0.25) is 0 Å². The van der Waals surface area contributed by atoms with Crippen molar-refractivity contribution in [3.63, 3.8) is 0 Å². The minimum absolute atomic E-state index is 0.336. The number of nitrogens with zero attached hydrogens (tertiary/aromatic N) is 1. The number of aliphatic imine (C=N–C) groups is 1. The smallest absolute Gasteiger partial charge is 0.330 e. The zero-order valence-corrected chi connectivity index (χ0v) is 15.4. The Bertz CT molecular complexity index is 731. The third kappa shape index (κ3) is 6.93. The second-order valence-corrected chi connectivity index (χ2v) is 5.71. The van der Waals surface area contributed by atoms with Crippen molar-refractivity contribution in [2.75, 3.05) is 13.2 Å².